The quantitative estimate of drug-likeness (QED) is 0.423. The number of carbonyl (C=O) groups is 2. The van der Waals surface area contributed by atoms with E-state index in [0.29, 0.717) is 22.0 Å². The summed E-state index contributed by atoms with van der Waals surface area (Å²) in [5, 5.41) is 12.1. The first kappa shape index (κ1) is 20.5. The zero-order valence-corrected chi connectivity index (χ0v) is 17.6. The van der Waals surface area contributed by atoms with Gasteiger partial charge < -0.3 is 10.1 Å². The number of aryl methyl sites for hydroxylation is 1. The second-order valence-electron chi connectivity index (χ2n) is 6.87. The lowest BCUT2D eigenvalue weighted by atomic mass is 10.1. The number of H-pyrrole nitrogens is 1. The maximum absolute atomic E-state index is 12.5. The van der Waals surface area contributed by atoms with E-state index < -0.39 is 5.97 Å². The molecule has 7 nitrogen and oxygen atoms in total. The average Bonchev–Trinajstić information content (AvgIpc) is 3.44. The summed E-state index contributed by atoms with van der Waals surface area (Å²) in [5.41, 5.74) is 4.20. The maximum atomic E-state index is 12.5. The number of aromatic amines is 1. The fraction of sp³-hybridized carbons (Fsp3) is 0.130. The van der Waals surface area contributed by atoms with Crippen molar-refractivity contribution < 1.29 is 14.3 Å². The van der Waals surface area contributed by atoms with Crippen LogP contribution in [0.25, 0.3) is 11.3 Å². The van der Waals surface area contributed by atoms with Gasteiger partial charge in [-0.3, -0.25) is 9.89 Å². The molecule has 8 heteroatoms. The summed E-state index contributed by atoms with van der Waals surface area (Å²) in [6, 6.07) is 17.0. The van der Waals surface area contributed by atoms with Crippen molar-refractivity contribution in [1.29, 1.82) is 0 Å². The first-order chi connectivity index (χ1) is 15.1. The van der Waals surface area contributed by atoms with Gasteiger partial charge in [0.2, 0.25) is 5.91 Å². The van der Waals surface area contributed by atoms with E-state index in [2.05, 4.69) is 20.5 Å². The van der Waals surface area contributed by atoms with Gasteiger partial charge >= 0.3 is 5.97 Å². The van der Waals surface area contributed by atoms with Gasteiger partial charge in [-0.25, -0.2) is 9.78 Å². The number of nitrogens with zero attached hydrogens (tertiary/aromatic N) is 2. The van der Waals surface area contributed by atoms with Gasteiger partial charge in [-0.2, -0.15) is 5.10 Å². The van der Waals surface area contributed by atoms with Gasteiger partial charge in [-0.05, 0) is 18.6 Å². The fourth-order valence-electron chi connectivity index (χ4n) is 3.02. The summed E-state index contributed by atoms with van der Waals surface area (Å²) in [5.74, 6) is -0.627. The highest BCUT2D eigenvalue weighted by Gasteiger charge is 2.17. The number of rotatable bonds is 7. The number of thiazole rings is 1. The molecule has 0 spiro atoms. The monoisotopic (exact) mass is 432 g/mol. The molecule has 0 radical (unpaired) electrons. The maximum Gasteiger partial charge on any atom is 0.342 e. The Hall–Kier alpha value is -3.78. The summed E-state index contributed by atoms with van der Waals surface area (Å²) in [7, 11) is 0. The van der Waals surface area contributed by atoms with E-state index in [0.717, 1.165) is 16.8 Å². The fourth-order valence-corrected chi connectivity index (χ4v) is 3.80. The van der Waals surface area contributed by atoms with Crippen molar-refractivity contribution in [3.63, 3.8) is 0 Å². The van der Waals surface area contributed by atoms with Gasteiger partial charge in [0, 0.05) is 16.6 Å². The number of para-hydroxylation sites is 1. The molecule has 4 rings (SSSR count). The Morgan fingerprint density at radius 2 is 1.87 bits per heavy atom. The van der Waals surface area contributed by atoms with Crippen molar-refractivity contribution in [1.82, 2.24) is 15.2 Å². The summed E-state index contributed by atoms with van der Waals surface area (Å²) in [6.45, 7) is 1.96. The Morgan fingerprint density at radius 3 is 2.68 bits per heavy atom. The molecule has 2 heterocycles. The molecule has 156 valence electrons. The minimum atomic E-state index is -0.487. The molecule has 0 atom stereocenters. The molecular formula is C23H20N4O3S. The molecule has 0 aliphatic heterocycles. The molecular weight excluding hydrogens is 412 g/mol. The Balaban J connectivity index is 1.34. The third kappa shape index (κ3) is 5.04. The second kappa shape index (κ2) is 9.36. The van der Waals surface area contributed by atoms with Gasteiger partial charge in [0.25, 0.3) is 0 Å². The first-order valence-electron chi connectivity index (χ1n) is 9.65. The van der Waals surface area contributed by atoms with Crippen LogP contribution in [0, 0.1) is 6.92 Å². The summed E-state index contributed by atoms with van der Waals surface area (Å²) in [4.78, 5) is 29.2. The molecule has 2 aromatic carbocycles. The van der Waals surface area contributed by atoms with E-state index in [1.165, 1.54) is 17.5 Å². The smallest absolute Gasteiger partial charge is 0.342 e. The van der Waals surface area contributed by atoms with Crippen LogP contribution in [-0.4, -0.2) is 27.1 Å². The lowest BCUT2D eigenvalue weighted by Gasteiger charge is -2.06. The standard InChI is InChI=1S/C23H20N4O3S/c1-15-7-5-6-10-19(15)26-20(28)11-21-25-17(14-31-21)13-30-23(29)18-12-24-27-22(18)16-8-3-2-4-9-16/h2-10,12,14H,11,13H2,1H3,(H,24,27)(H,26,28). The molecule has 0 saturated heterocycles. The number of hydrogen-bond donors (Lipinski definition) is 2. The zero-order chi connectivity index (χ0) is 21.6. The van der Waals surface area contributed by atoms with Gasteiger partial charge in [0.05, 0.1) is 24.0 Å². The molecule has 0 bridgehead atoms. The third-order valence-electron chi connectivity index (χ3n) is 4.60. The van der Waals surface area contributed by atoms with Crippen molar-refractivity contribution in [2.45, 2.75) is 20.0 Å². The minimum absolute atomic E-state index is 0.0220. The molecule has 2 aromatic heterocycles. The van der Waals surface area contributed by atoms with Crippen molar-refractivity contribution in [3.8, 4) is 11.3 Å². The van der Waals surface area contributed by atoms with Gasteiger partial charge in [-0.1, -0.05) is 48.5 Å². The number of ether oxygens (including phenoxy) is 1. The molecule has 0 saturated carbocycles. The average molecular weight is 433 g/mol. The molecule has 0 fully saturated rings. The molecule has 2 N–H and O–H groups in total. The van der Waals surface area contributed by atoms with E-state index in [9.17, 15) is 9.59 Å². The van der Waals surface area contributed by atoms with Crippen LogP contribution < -0.4 is 5.32 Å². The van der Waals surface area contributed by atoms with E-state index in [4.69, 9.17) is 4.74 Å². The van der Waals surface area contributed by atoms with Gasteiger partial charge in [-0.15, -0.1) is 11.3 Å². The lowest BCUT2D eigenvalue weighted by molar-refractivity contribution is -0.115. The van der Waals surface area contributed by atoms with Crippen molar-refractivity contribution in [2.75, 3.05) is 5.32 Å². The summed E-state index contributed by atoms with van der Waals surface area (Å²) >= 11 is 1.36. The Kier molecular flexibility index (Phi) is 6.18. The Bertz CT molecular complexity index is 1200. The van der Waals surface area contributed by atoms with E-state index in [1.54, 1.807) is 5.38 Å². The topological polar surface area (TPSA) is 97.0 Å². The van der Waals surface area contributed by atoms with E-state index >= 15 is 0 Å². The zero-order valence-electron chi connectivity index (χ0n) is 16.8. The van der Waals surface area contributed by atoms with Crippen LogP contribution in [0.15, 0.2) is 66.2 Å². The lowest BCUT2D eigenvalue weighted by Crippen LogP contribution is -2.15. The highest BCUT2D eigenvalue weighted by molar-refractivity contribution is 7.09. The molecule has 1 amide bonds. The largest absolute Gasteiger partial charge is 0.455 e. The Morgan fingerprint density at radius 1 is 1.10 bits per heavy atom. The molecule has 4 aromatic rings. The van der Waals surface area contributed by atoms with Crippen LogP contribution in [0.5, 0.6) is 0 Å². The number of benzene rings is 2. The van der Waals surface area contributed by atoms with Gasteiger partial charge in [0.15, 0.2) is 0 Å². The van der Waals surface area contributed by atoms with Crippen molar-refractivity contribution in [3.05, 3.63) is 88.0 Å². The second-order valence-corrected chi connectivity index (χ2v) is 7.82. The highest BCUT2D eigenvalue weighted by Crippen LogP contribution is 2.22. The van der Waals surface area contributed by atoms with Crippen molar-refractivity contribution in [2.24, 2.45) is 0 Å². The molecule has 0 aliphatic carbocycles. The minimum Gasteiger partial charge on any atom is -0.455 e. The van der Waals surface area contributed by atoms with Crippen LogP contribution in [0.3, 0.4) is 0 Å². The van der Waals surface area contributed by atoms with E-state index in [-0.39, 0.29) is 18.9 Å². The van der Waals surface area contributed by atoms with Crippen LogP contribution in [0.2, 0.25) is 0 Å². The SMILES string of the molecule is Cc1ccccc1NC(=O)Cc1nc(COC(=O)c2cn[nH]c2-c2ccccc2)cs1. The van der Waals surface area contributed by atoms with Crippen LogP contribution >= 0.6 is 11.3 Å². The number of esters is 1. The number of anilines is 1. The van der Waals surface area contributed by atoms with Crippen LogP contribution in [0.4, 0.5) is 5.69 Å². The van der Waals surface area contributed by atoms with Crippen molar-refractivity contribution >= 4 is 28.9 Å². The third-order valence-corrected chi connectivity index (χ3v) is 5.50. The predicted molar refractivity (Wildman–Crippen MR) is 119 cm³/mol. The van der Waals surface area contributed by atoms with Gasteiger partial charge in [0.1, 0.15) is 17.2 Å². The normalized spacial score (nSPS) is 10.6. The molecule has 31 heavy (non-hydrogen) atoms. The number of hydrogen-bond acceptors (Lipinski definition) is 6. The van der Waals surface area contributed by atoms with Crippen LogP contribution in [-0.2, 0) is 22.6 Å². The number of nitrogens with one attached hydrogen (secondary N) is 2. The summed E-state index contributed by atoms with van der Waals surface area (Å²) in [6.07, 6.45) is 1.61. The Labute approximate surface area is 183 Å². The summed E-state index contributed by atoms with van der Waals surface area (Å²) < 4.78 is 5.41. The predicted octanol–water partition coefficient (Wildman–Crippen LogP) is 4.38. The molecule has 0 aliphatic rings. The number of amides is 1. The van der Waals surface area contributed by atoms with E-state index in [1.807, 2.05) is 61.5 Å². The number of carbonyl (C=O) groups excluding carboxylic acids is 2. The number of aromatic nitrogens is 3. The first-order valence-corrected chi connectivity index (χ1v) is 10.5. The highest BCUT2D eigenvalue weighted by atomic mass is 32.1. The molecule has 0 unspecified atom stereocenters. The van der Waals surface area contributed by atoms with Crippen LogP contribution in [0.1, 0.15) is 26.6 Å².